The van der Waals surface area contributed by atoms with E-state index in [9.17, 15) is 4.79 Å². The first-order chi connectivity index (χ1) is 10.2. The van der Waals surface area contributed by atoms with Crippen LogP contribution >= 0.6 is 0 Å². The molecule has 106 valence electrons. The maximum Gasteiger partial charge on any atom is 0.317 e. The highest BCUT2D eigenvalue weighted by Gasteiger charge is 2.23. The quantitative estimate of drug-likeness (QED) is 0.802. The Balaban J connectivity index is 1.72. The Kier molecular flexibility index (Phi) is 2.60. The molecule has 1 aromatic carbocycles. The fourth-order valence-electron chi connectivity index (χ4n) is 2.51. The number of rotatable bonds is 3. The van der Waals surface area contributed by atoms with E-state index in [0.29, 0.717) is 17.3 Å². The summed E-state index contributed by atoms with van der Waals surface area (Å²) in [6.07, 6.45) is 4.06. The normalized spacial score (nSPS) is 14.5. The van der Waals surface area contributed by atoms with Crippen LogP contribution in [0, 0.1) is 6.92 Å². The van der Waals surface area contributed by atoms with Gasteiger partial charge in [0.15, 0.2) is 0 Å². The minimum atomic E-state index is -0.256. The minimum absolute atomic E-state index is 0.249. The lowest BCUT2D eigenvalue weighted by atomic mass is 10.1. The van der Waals surface area contributed by atoms with Gasteiger partial charge in [-0.15, -0.1) is 0 Å². The summed E-state index contributed by atoms with van der Waals surface area (Å²) in [6.45, 7) is 1.85. The van der Waals surface area contributed by atoms with Crippen LogP contribution in [0.4, 0.5) is 0 Å². The van der Waals surface area contributed by atoms with Gasteiger partial charge in [-0.05, 0) is 43.4 Å². The van der Waals surface area contributed by atoms with E-state index in [1.54, 1.807) is 6.20 Å². The van der Waals surface area contributed by atoms with Gasteiger partial charge < -0.3 is 9.72 Å². The van der Waals surface area contributed by atoms with Crippen molar-refractivity contribution < 1.29 is 4.74 Å². The minimum Gasteiger partial charge on any atom is -0.450 e. The second-order valence-corrected chi connectivity index (χ2v) is 5.49. The Morgan fingerprint density at radius 2 is 2.19 bits per heavy atom. The highest BCUT2D eigenvalue weighted by Crippen LogP contribution is 2.41. The number of aryl methyl sites for hydroxylation is 1. The second-order valence-electron chi connectivity index (χ2n) is 5.49. The number of ether oxygens (including phenoxy) is 1. The zero-order chi connectivity index (χ0) is 14.4. The van der Waals surface area contributed by atoms with Gasteiger partial charge in [0.25, 0.3) is 0 Å². The fourth-order valence-corrected chi connectivity index (χ4v) is 2.51. The van der Waals surface area contributed by atoms with E-state index in [-0.39, 0.29) is 11.3 Å². The fraction of sp³-hybridized carbons (Fsp3) is 0.250. The maximum atomic E-state index is 12.3. The standard InChI is InChI=1S/C16H15N3O2/c1-10-7-15-17-9-14(16(20)19(15)18-10)21-13-4-2-3-12(8-13)11-5-6-11/h2-4,7-9,11,17H,5-6H2,1H3. The number of aromatic amines is 1. The summed E-state index contributed by atoms with van der Waals surface area (Å²) in [4.78, 5) is 15.4. The molecule has 0 amide bonds. The SMILES string of the molecule is Cc1cc2[nH]cc(Oc3cccc(C4CC4)c3)c(=O)n2n1. The number of nitrogens with one attached hydrogen (secondary N) is 1. The van der Waals surface area contributed by atoms with Gasteiger partial charge in [0, 0.05) is 6.07 Å². The van der Waals surface area contributed by atoms with Crippen molar-refractivity contribution in [1.29, 1.82) is 0 Å². The van der Waals surface area contributed by atoms with Gasteiger partial charge in [0.1, 0.15) is 11.4 Å². The monoisotopic (exact) mass is 281 g/mol. The Morgan fingerprint density at radius 1 is 1.33 bits per heavy atom. The summed E-state index contributed by atoms with van der Waals surface area (Å²) in [5, 5.41) is 4.16. The molecule has 0 atom stereocenters. The molecule has 0 bridgehead atoms. The van der Waals surface area contributed by atoms with Crippen LogP contribution in [0.25, 0.3) is 5.65 Å². The van der Waals surface area contributed by atoms with Gasteiger partial charge in [-0.3, -0.25) is 4.79 Å². The highest BCUT2D eigenvalue weighted by molar-refractivity contribution is 5.41. The first-order valence-corrected chi connectivity index (χ1v) is 7.06. The van der Waals surface area contributed by atoms with Gasteiger partial charge in [0.2, 0.25) is 5.75 Å². The molecule has 0 aliphatic heterocycles. The Bertz CT molecular complexity index is 875. The molecule has 4 rings (SSSR count). The maximum absolute atomic E-state index is 12.3. The lowest BCUT2D eigenvalue weighted by Crippen LogP contribution is -2.16. The van der Waals surface area contributed by atoms with Gasteiger partial charge in [-0.2, -0.15) is 9.61 Å². The molecule has 1 N–H and O–H groups in total. The number of H-pyrrole nitrogens is 1. The van der Waals surface area contributed by atoms with Crippen molar-refractivity contribution in [2.75, 3.05) is 0 Å². The van der Waals surface area contributed by atoms with Crippen LogP contribution in [0.2, 0.25) is 0 Å². The number of hydrogen-bond acceptors (Lipinski definition) is 3. The second kappa shape index (κ2) is 4.48. The first kappa shape index (κ1) is 12.2. The molecule has 0 radical (unpaired) electrons. The molecule has 0 saturated heterocycles. The first-order valence-electron chi connectivity index (χ1n) is 7.06. The molecule has 0 unspecified atom stereocenters. The van der Waals surface area contributed by atoms with Crippen LogP contribution in [0.1, 0.15) is 30.0 Å². The van der Waals surface area contributed by atoms with E-state index in [1.165, 1.54) is 22.9 Å². The van der Waals surface area contributed by atoms with Crippen LogP contribution in [0.3, 0.4) is 0 Å². The van der Waals surface area contributed by atoms with Crippen molar-refractivity contribution in [3.63, 3.8) is 0 Å². The molecule has 21 heavy (non-hydrogen) atoms. The van der Waals surface area contributed by atoms with Crippen molar-refractivity contribution in [1.82, 2.24) is 14.6 Å². The summed E-state index contributed by atoms with van der Waals surface area (Å²) in [5.74, 6) is 1.59. The van der Waals surface area contributed by atoms with Gasteiger partial charge in [0.05, 0.1) is 11.9 Å². The van der Waals surface area contributed by atoms with Crippen LogP contribution < -0.4 is 10.3 Å². The number of aromatic nitrogens is 3. The number of hydrogen-bond donors (Lipinski definition) is 1. The van der Waals surface area contributed by atoms with Crippen molar-refractivity contribution in [3.8, 4) is 11.5 Å². The summed E-state index contributed by atoms with van der Waals surface area (Å²) >= 11 is 0. The van der Waals surface area contributed by atoms with Crippen molar-refractivity contribution in [2.45, 2.75) is 25.7 Å². The molecule has 3 aromatic rings. The third kappa shape index (κ3) is 2.20. The smallest absolute Gasteiger partial charge is 0.317 e. The molecule has 2 heterocycles. The summed E-state index contributed by atoms with van der Waals surface area (Å²) in [5.41, 5.74) is 2.47. The van der Waals surface area contributed by atoms with E-state index >= 15 is 0 Å². The Hall–Kier alpha value is -2.56. The molecular formula is C16H15N3O2. The van der Waals surface area contributed by atoms with Gasteiger partial charge >= 0.3 is 5.56 Å². The molecule has 1 fully saturated rings. The molecule has 1 aliphatic rings. The molecule has 5 heteroatoms. The molecule has 1 aliphatic carbocycles. The van der Waals surface area contributed by atoms with Crippen LogP contribution in [0.5, 0.6) is 11.5 Å². The third-order valence-electron chi connectivity index (χ3n) is 3.72. The van der Waals surface area contributed by atoms with Crippen molar-refractivity contribution in [3.05, 3.63) is 58.1 Å². The zero-order valence-corrected chi connectivity index (χ0v) is 11.7. The summed E-state index contributed by atoms with van der Waals surface area (Å²) in [6, 6.07) is 9.76. The predicted molar refractivity (Wildman–Crippen MR) is 79.0 cm³/mol. The Morgan fingerprint density at radius 3 is 3.00 bits per heavy atom. The predicted octanol–water partition coefficient (Wildman–Crippen LogP) is 3.00. The molecule has 5 nitrogen and oxygen atoms in total. The average molecular weight is 281 g/mol. The molecule has 2 aromatic heterocycles. The molecular weight excluding hydrogens is 266 g/mol. The molecule has 0 spiro atoms. The lowest BCUT2D eigenvalue weighted by molar-refractivity contribution is 0.468. The number of benzene rings is 1. The topological polar surface area (TPSA) is 59.4 Å². The number of nitrogens with zero attached hydrogens (tertiary/aromatic N) is 2. The van der Waals surface area contributed by atoms with Crippen molar-refractivity contribution >= 4 is 5.65 Å². The van der Waals surface area contributed by atoms with Crippen molar-refractivity contribution in [2.24, 2.45) is 0 Å². The van der Waals surface area contributed by atoms with E-state index in [4.69, 9.17) is 4.74 Å². The largest absolute Gasteiger partial charge is 0.450 e. The van der Waals surface area contributed by atoms with Gasteiger partial charge in [-0.1, -0.05) is 12.1 Å². The van der Waals surface area contributed by atoms with E-state index in [0.717, 1.165) is 5.69 Å². The van der Waals surface area contributed by atoms with Crippen LogP contribution in [0.15, 0.2) is 41.3 Å². The van der Waals surface area contributed by atoms with Crippen LogP contribution in [-0.2, 0) is 0 Å². The lowest BCUT2D eigenvalue weighted by Gasteiger charge is -2.06. The van der Waals surface area contributed by atoms with Crippen LogP contribution in [-0.4, -0.2) is 14.6 Å². The highest BCUT2D eigenvalue weighted by atomic mass is 16.5. The Labute approximate surface area is 121 Å². The summed E-state index contributed by atoms with van der Waals surface area (Å²) < 4.78 is 7.07. The zero-order valence-electron chi connectivity index (χ0n) is 11.7. The third-order valence-corrected chi connectivity index (χ3v) is 3.72. The molecule has 1 saturated carbocycles. The number of fused-ring (bicyclic) bond motifs is 1. The van der Waals surface area contributed by atoms with Gasteiger partial charge in [-0.25, -0.2) is 0 Å². The van der Waals surface area contributed by atoms with E-state index < -0.39 is 0 Å². The summed E-state index contributed by atoms with van der Waals surface area (Å²) in [7, 11) is 0. The van der Waals surface area contributed by atoms with E-state index in [1.807, 2.05) is 31.2 Å². The average Bonchev–Trinajstić information content (AvgIpc) is 3.25. The van der Waals surface area contributed by atoms with E-state index in [2.05, 4.69) is 16.1 Å².